The van der Waals surface area contributed by atoms with E-state index in [4.69, 9.17) is 5.73 Å². The zero-order chi connectivity index (χ0) is 19.4. The molecule has 6 heteroatoms. The van der Waals surface area contributed by atoms with Crippen molar-refractivity contribution in [3.63, 3.8) is 0 Å². The normalized spacial score (nSPS) is 22.0. The Hall–Kier alpha value is -3.14. The van der Waals surface area contributed by atoms with Crippen LogP contribution in [-0.4, -0.2) is 45.2 Å². The summed E-state index contributed by atoms with van der Waals surface area (Å²) in [5.41, 5.74) is 6.84. The van der Waals surface area contributed by atoms with Crippen LogP contribution in [0.5, 0.6) is 0 Å². The number of aliphatic carboxylic acids is 2. The second-order valence-corrected chi connectivity index (χ2v) is 6.70. The molecule has 1 heterocycles. The summed E-state index contributed by atoms with van der Waals surface area (Å²) in [4.78, 5) is 24.6. The molecule has 0 bridgehead atoms. The van der Waals surface area contributed by atoms with Gasteiger partial charge in [-0.05, 0) is 23.8 Å². The molecule has 1 aliphatic rings. The van der Waals surface area contributed by atoms with Gasteiger partial charge in [-0.2, -0.15) is 0 Å². The van der Waals surface area contributed by atoms with Crippen molar-refractivity contribution < 1.29 is 19.8 Å². The maximum Gasteiger partial charge on any atom is 0.325 e. The van der Waals surface area contributed by atoms with Crippen molar-refractivity contribution in [1.29, 1.82) is 0 Å². The Kier molecular flexibility index (Phi) is 5.26. The maximum atomic E-state index is 11.6. The molecule has 6 nitrogen and oxygen atoms in total. The molecule has 0 aromatic heterocycles. The lowest BCUT2D eigenvalue weighted by atomic mass is 9.98. The van der Waals surface area contributed by atoms with Gasteiger partial charge in [0, 0.05) is 30.6 Å². The Morgan fingerprint density at radius 1 is 1.07 bits per heavy atom. The second kappa shape index (κ2) is 7.62. The van der Waals surface area contributed by atoms with E-state index in [1.807, 2.05) is 54.6 Å². The van der Waals surface area contributed by atoms with Crippen LogP contribution in [-0.2, 0) is 16.1 Å². The molecule has 0 spiro atoms. The van der Waals surface area contributed by atoms with Crippen molar-refractivity contribution >= 4 is 11.9 Å². The van der Waals surface area contributed by atoms with E-state index in [9.17, 15) is 19.8 Å². The minimum absolute atomic E-state index is 0.0280. The van der Waals surface area contributed by atoms with Gasteiger partial charge in [-0.25, -0.2) is 0 Å². The van der Waals surface area contributed by atoms with E-state index < -0.39 is 23.5 Å². The Balaban J connectivity index is 1.86. The molecule has 138 valence electrons. The zero-order valence-electron chi connectivity index (χ0n) is 14.6. The molecule has 2 aromatic carbocycles. The fraction of sp³-hybridized carbons (Fsp3) is 0.238. The molecule has 2 atom stereocenters. The van der Waals surface area contributed by atoms with Crippen LogP contribution in [0.1, 0.15) is 23.1 Å². The van der Waals surface area contributed by atoms with Crippen LogP contribution in [0, 0.1) is 11.8 Å². The van der Waals surface area contributed by atoms with E-state index >= 15 is 0 Å². The Morgan fingerprint density at radius 2 is 1.74 bits per heavy atom. The zero-order valence-corrected chi connectivity index (χ0v) is 14.6. The highest BCUT2D eigenvalue weighted by Gasteiger charge is 2.49. The molecule has 2 aromatic rings. The van der Waals surface area contributed by atoms with Crippen LogP contribution in [0.15, 0.2) is 54.6 Å². The number of carboxylic acids is 2. The summed E-state index contributed by atoms with van der Waals surface area (Å²) in [7, 11) is 0. The second-order valence-electron chi connectivity index (χ2n) is 6.70. The molecular formula is C21H20N2O4. The molecule has 1 fully saturated rings. The summed E-state index contributed by atoms with van der Waals surface area (Å²) >= 11 is 0. The third-order valence-corrected chi connectivity index (χ3v) is 4.70. The number of nitrogens with two attached hydrogens (primary N) is 1. The van der Waals surface area contributed by atoms with Gasteiger partial charge in [0.15, 0.2) is 0 Å². The highest BCUT2D eigenvalue weighted by molar-refractivity contribution is 5.83. The lowest BCUT2D eigenvalue weighted by Gasteiger charge is -2.22. The third-order valence-electron chi connectivity index (χ3n) is 4.70. The molecular weight excluding hydrogens is 344 g/mol. The summed E-state index contributed by atoms with van der Waals surface area (Å²) in [5.74, 6) is 3.95. The van der Waals surface area contributed by atoms with Gasteiger partial charge in [-0.3, -0.25) is 14.5 Å². The lowest BCUT2D eigenvalue weighted by Crippen LogP contribution is -2.50. The molecule has 3 rings (SSSR count). The molecule has 0 saturated carbocycles. The number of nitrogens with zero attached hydrogens (tertiary/aromatic N) is 1. The standard InChI is InChI=1S/C21H20N2O4/c22-21(20(26)27)12-18(19(24)25)23(14-21)13-17-9-5-4-8-16(17)11-10-15-6-2-1-3-7-15/h1-9,18H,12-14,22H2,(H,24,25)(H,26,27)/t18?,21-/m1/s1. The average Bonchev–Trinajstić information content (AvgIpc) is 3.00. The van der Waals surface area contributed by atoms with Gasteiger partial charge < -0.3 is 15.9 Å². The molecule has 0 amide bonds. The van der Waals surface area contributed by atoms with E-state index in [1.165, 1.54) is 0 Å². The third kappa shape index (κ3) is 4.17. The molecule has 0 radical (unpaired) electrons. The summed E-state index contributed by atoms with van der Waals surface area (Å²) in [5, 5.41) is 18.8. The van der Waals surface area contributed by atoms with Crippen molar-refractivity contribution in [2.45, 2.75) is 24.5 Å². The first-order chi connectivity index (χ1) is 12.9. The Bertz CT molecular complexity index is 917. The van der Waals surface area contributed by atoms with Gasteiger partial charge in [0.25, 0.3) is 0 Å². The molecule has 27 heavy (non-hydrogen) atoms. The fourth-order valence-corrected chi connectivity index (χ4v) is 3.24. The minimum Gasteiger partial charge on any atom is -0.480 e. The van der Waals surface area contributed by atoms with Crippen LogP contribution in [0.2, 0.25) is 0 Å². The Labute approximate surface area is 157 Å². The average molecular weight is 364 g/mol. The highest BCUT2D eigenvalue weighted by atomic mass is 16.4. The van der Waals surface area contributed by atoms with Crippen molar-refractivity contribution in [1.82, 2.24) is 4.90 Å². The minimum atomic E-state index is -1.56. The highest BCUT2D eigenvalue weighted by Crippen LogP contribution is 2.28. The maximum absolute atomic E-state index is 11.6. The van der Waals surface area contributed by atoms with Crippen molar-refractivity contribution in [3.8, 4) is 11.8 Å². The molecule has 4 N–H and O–H groups in total. The molecule has 1 aliphatic heterocycles. The summed E-state index contributed by atoms with van der Waals surface area (Å²) in [6, 6.07) is 16.0. The largest absolute Gasteiger partial charge is 0.480 e. The Morgan fingerprint density at radius 3 is 2.41 bits per heavy atom. The van der Waals surface area contributed by atoms with E-state index in [-0.39, 0.29) is 19.5 Å². The predicted octanol–water partition coefficient (Wildman–Crippen LogP) is 1.53. The number of hydrogen-bond acceptors (Lipinski definition) is 4. The first kappa shape index (κ1) is 18.6. The van der Waals surface area contributed by atoms with E-state index in [0.29, 0.717) is 0 Å². The van der Waals surface area contributed by atoms with Crippen LogP contribution in [0.4, 0.5) is 0 Å². The van der Waals surface area contributed by atoms with Crippen molar-refractivity contribution in [2.75, 3.05) is 6.54 Å². The van der Waals surface area contributed by atoms with Gasteiger partial charge in [0.2, 0.25) is 0 Å². The topological polar surface area (TPSA) is 104 Å². The lowest BCUT2D eigenvalue weighted by molar-refractivity contribution is -0.142. The van der Waals surface area contributed by atoms with Crippen LogP contribution < -0.4 is 5.73 Å². The van der Waals surface area contributed by atoms with E-state index in [1.54, 1.807) is 4.90 Å². The SMILES string of the molecule is N[C@]1(C(=O)O)CC(C(=O)O)N(Cc2ccccc2C#Cc2ccccc2)C1. The van der Waals surface area contributed by atoms with Gasteiger partial charge in [0.1, 0.15) is 11.6 Å². The first-order valence-corrected chi connectivity index (χ1v) is 8.53. The summed E-state index contributed by atoms with van der Waals surface area (Å²) < 4.78 is 0. The number of benzene rings is 2. The van der Waals surface area contributed by atoms with Gasteiger partial charge in [-0.15, -0.1) is 0 Å². The quantitative estimate of drug-likeness (QED) is 0.711. The number of rotatable bonds is 4. The smallest absolute Gasteiger partial charge is 0.325 e. The molecule has 1 saturated heterocycles. The summed E-state index contributed by atoms with van der Waals surface area (Å²) in [6.07, 6.45) is -0.129. The van der Waals surface area contributed by atoms with Crippen LogP contribution in [0.25, 0.3) is 0 Å². The number of hydrogen-bond donors (Lipinski definition) is 3. The number of likely N-dealkylation sites (tertiary alicyclic amines) is 1. The number of carbonyl (C=O) groups is 2. The monoisotopic (exact) mass is 364 g/mol. The summed E-state index contributed by atoms with van der Waals surface area (Å²) in [6.45, 7) is 0.239. The predicted molar refractivity (Wildman–Crippen MR) is 99.9 cm³/mol. The van der Waals surface area contributed by atoms with Crippen LogP contribution >= 0.6 is 0 Å². The van der Waals surface area contributed by atoms with Crippen molar-refractivity contribution in [3.05, 3.63) is 71.3 Å². The van der Waals surface area contributed by atoms with E-state index in [2.05, 4.69) is 11.8 Å². The van der Waals surface area contributed by atoms with E-state index in [0.717, 1.165) is 16.7 Å². The molecule has 0 aliphatic carbocycles. The van der Waals surface area contributed by atoms with Crippen LogP contribution in [0.3, 0.4) is 0 Å². The molecule has 1 unspecified atom stereocenters. The van der Waals surface area contributed by atoms with Gasteiger partial charge >= 0.3 is 11.9 Å². The first-order valence-electron chi connectivity index (χ1n) is 8.53. The number of carboxylic acid groups (broad SMARTS) is 2. The van der Waals surface area contributed by atoms with Crippen molar-refractivity contribution in [2.24, 2.45) is 5.73 Å². The van der Waals surface area contributed by atoms with Gasteiger partial charge in [-0.1, -0.05) is 48.2 Å². The fourth-order valence-electron chi connectivity index (χ4n) is 3.24. The van der Waals surface area contributed by atoms with Gasteiger partial charge in [0.05, 0.1) is 0 Å².